The predicted octanol–water partition coefficient (Wildman–Crippen LogP) is 4.05. The Labute approximate surface area is 167 Å². The number of aromatic carboxylic acids is 1. The van der Waals surface area contributed by atoms with E-state index in [0.717, 1.165) is 17.0 Å². The van der Waals surface area contributed by atoms with Crippen LogP contribution in [0.3, 0.4) is 0 Å². The Morgan fingerprint density at radius 3 is 2.75 bits per heavy atom. The number of aryl methyl sites for hydroxylation is 1. The van der Waals surface area contributed by atoms with Crippen molar-refractivity contribution in [2.24, 2.45) is 5.10 Å². The zero-order valence-corrected chi connectivity index (χ0v) is 16.1. The van der Waals surface area contributed by atoms with Crippen molar-refractivity contribution in [3.05, 3.63) is 76.1 Å². The quantitative estimate of drug-likeness (QED) is 0.463. The monoisotopic (exact) mass is 398 g/mol. The highest BCUT2D eigenvalue weighted by Crippen LogP contribution is 2.21. The van der Waals surface area contributed by atoms with Crippen LogP contribution in [0.25, 0.3) is 0 Å². The summed E-state index contributed by atoms with van der Waals surface area (Å²) < 4.78 is 6.95. The number of rotatable bonds is 7. The molecule has 2 N–H and O–H groups in total. The molecule has 1 aromatic heterocycles. The number of anilines is 1. The van der Waals surface area contributed by atoms with Gasteiger partial charge >= 0.3 is 5.97 Å². The molecule has 0 atom stereocenters. The first-order valence-electron chi connectivity index (χ1n) is 8.46. The Morgan fingerprint density at radius 1 is 1.32 bits per heavy atom. The summed E-state index contributed by atoms with van der Waals surface area (Å²) in [5.41, 5.74) is 6.21. The molecule has 2 aromatic carbocycles. The fourth-order valence-corrected chi connectivity index (χ4v) is 2.90. The number of nitrogens with one attached hydrogen (secondary N) is 1. The second-order valence-electron chi connectivity index (χ2n) is 6.05. The van der Waals surface area contributed by atoms with Crippen molar-refractivity contribution in [1.82, 2.24) is 9.78 Å². The van der Waals surface area contributed by atoms with Crippen LogP contribution < -0.4 is 10.2 Å². The molecule has 0 unspecified atom stereocenters. The molecule has 0 fully saturated rings. The van der Waals surface area contributed by atoms with Gasteiger partial charge < -0.3 is 9.84 Å². The van der Waals surface area contributed by atoms with E-state index < -0.39 is 5.97 Å². The number of hydrazone groups is 1. The molecule has 3 rings (SSSR count). The van der Waals surface area contributed by atoms with Crippen molar-refractivity contribution < 1.29 is 14.6 Å². The van der Waals surface area contributed by atoms with Crippen LogP contribution in [0.1, 0.15) is 27.2 Å². The van der Waals surface area contributed by atoms with Crippen LogP contribution >= 0.6 is 11.6 Å². The van der Waals surface area contributed by atoms with Crippen LogP contribution in [-0.4, -0.2) is 34.2 Å². The molecule has 0 radical (unpaired) electrons. The molecular formula is C20H19ClN4O3. The molecule has 28 heavy (non-hydrogen) atoms. The highest BCUT2D eigenvalue weighted by atomic mass is 35.5. The van der Waals surface area contributed by atoms with E-state index in [9.17, 15) is 4.79 Å². The molecule has 0 spiro atoms. The Bertz CT molecular complexity index is 1010. The van der Waals surface area contributed by atoms with Gasteiger partial charge in [-0.3, -0.25) is 5.43 Å². The van der Waals surface area contributed by atoms with E-state index in [1.165, 1.54) is 12.1 Å². The van der Waals surface area contributed by atoms with Crippen LogP contribution in [0.15, 0.2) is 53.6 Å². The minimum absolute atomic E-state index is 0.215. The second kappa shape index (κ2) is 8.58. The molecule has 0 bridgehead atoms. The smallest absolute Gasteiger partial charge is 0.335 e. The highest BCUT2D eigenvalue weighted by Gasteiger charge is 2.12. The Balaban J connectivity index is 1.72. The van der Waals surface area contributed by atoms with E-state index in [4.69, 9.17) is 21.4 Å². The Hall–Kier alpha value is -3.32. The van der Waals surface area contributed by atoms with Gasteiger partial charge in [0.1, 0.15) is 10.9 Å². The lowest BCUT2D eigenvalue weighted by Crippen LogP contribution is -2.02. The van der Waals surface area contributed by atoms with Gasteiger partial charge in [-0.25, -0.2) is 9.48 Å². The number of nitrogens with zero attached hydrogens (tertiary/aromatic N) is 3. The summed E-state index contributed by atoms with van der Waals surface area (Å²) in [6.07, 6.45) is 1.60. The summed E-state index contributed by atoms with van der Waals surface area (Å²) >= 11 is 6.48. The molecule has 0 amide bonds. The maximum atomic E-state index is 10.9. The standard InChI is InChI=1S/C20H19ClN4O3/c1-13-18(11-22-23-16-8-6-15(7-9-16)20(26)27)19(21)25(24-13)12-14-4-3-5-17(10-14)28-2/h3-11,23H,12H2,1-2H3,(H,26,27)/b22-11-. The fourth-order valence-electron chi connectivity index (χ4n) is 2.62. The number of ether oxygens (including phenoxy) is 1. The minimum atomic E-state index is -0.971. The first kappa shape index (κ1) is 19.4. The molecular weight excluding hydrogens is 380 g/mol. The lowest BCUT2D eigenvalue weighted by Gasteiger charge is -2.06. The van der Waals surface area contributed by atoms with Gasteiger partial charge in [0, 0.05) is 0 Å². The lowest BCUT2D eigenvalue weighted by molar-refractivity contribution is 0.0697. The molecule has 0 aliphatic carbocycles. The van der Waals surface area contributed by atoms with Crippen molar-refractivity contribution in [1.29, 1.82) is 0 Å². The average Bonchev–Trinajstić information content (AvgIpc) is 2.96. The third-order valence-electron chi connectivity index (χ3n) is 4.10. The van der Waals surface area contributed by atoms with Crippen LogP contribution in [0.4, 0.5) is 5.69 Å². The lowest BCUT2D eigenvalue weighted by atomic mass is 10.2. The van der Waals surface area contributed by atoms with Crippen molar-refractivity contribution >= 4 is 29.5 Å². The first-order valence-corrected chi connectivity index (χ1v) is 8.84. The third-order valence-corrected chi connectivity index (χ3v) is 4.49. The van der Waals surface area contributed by atoms with Crippen molar-refractivity contribution in [2.75, 3.05) is 12.5 Å². The van der Waals surface area contributed by atoms with E-state index >= 15 is 0 Å². The summed E-state index contributed by atoms with van der Waals surface area (Å²) in [7, 11) is 1.63. The van der Waals surface area contributed by atoms with Gasteiger partial charge in [-0.15, -0.1) is 0 Å². The maximum Gasteiger partial charge on any atom is 0.335 e. The summed E-state index contributed by atoms with van der Waals surface area (Å²) in [4.78, 5) is 10.9. The molecule has 0 aliphatic rings. The molecule has 0 saturated heterocycles. The Kier molecular flexibility index (Phi) is 5.96. The predicted molar refractivity (Wildman–Crippen MR) is 109 cm³/mol. The third kappa shape index (κ3) is 4.50. The van der Waals surface area contributed by atoms with E-state index in [2.05, 4.69) is 15.6 Å². The van der Waals surface area contributed by atoms with Gasteiger partial charge in [0.15, 0.2) is 0 Å². The van der Waals surface area contributed by atoms with Crippen molar-refractivity contribution in [2.45, 2.75) is 13.5 Å². The first-order chi connectivity index (χ1) is 13.5. The maximum absolute atomic E-state index is 10.9. The molecule has 7 nitrogen and oxygen atoms in total. The van der Waals surface area contributed by atoms with Gasteiger partial charge in [0.2, 0.25) is 0 Å². The topological polar surface area (TPSA) is 88.7 Å². The molecule has 3 aromatic rings. The molecule has 0 aliphatic heterocycles. The highest BCUT2D eigenvalue weighted by molar-refractivity contribution is 6.32. The van der Waals surface area contributed by atoms with Crippen LogP contribution in [0.5, 0.6) is 5.75 Å². The second-order valence-corrected chi connectivity index (χ2v) is 6.41. The van der Waals surface area contributed by atoms with Crippen LogP contribution in [0.2, 0.25) is 5.15 Å². The van der Waals surface area contributed by atoms with E-state index in [0.29, 0.717) is 22.9 Å². The summed E-state index contributed by atoms with van der Waals surface area (Å²) in [6, 6.07) is 14.0. The van der Waals surface area contributed by atoms with Gasteiger partial charge in [0.05, 0.1) is 42.4 Å². The van der Waals surface area contributed by atoms with E-state index in [1.54, 1.807) is 30.1 Å². The van der Waals surface area contributed by atoms with Gasteiger partial charge in [-0.2, -0.15) is 10.2 Å². The van der Waals surface area contributed by atoms with Gasteiger partial charge in [0.25, 0.3) is 0 Å². The van der Waals surface area contributed by atoms with Gasteiger partial charge in [-0.1, -0.05) is 23.7 Å². The number of aromatic nitrogens is 2. The normalized spacial score (nSPS) is 11.0. The number of benzene rings is 2. The minimum Gasteiger partial charge on any atom is -0.497 e. The molecule has 0 saturated carbocycles. The number of carbonyl (C=O) groups is 1. The molecule has 8 heteroatoms. The zero-order valence-electron chi connectivity index (χ0n) is 15.4. The van der Waals surface area contributed by atoms with Crippen LogP contribution in [0, 0.1) is 6.92 Å². The number of hydrogen-bond acceptors (Lipinski definition) is 5. The molecule has 1 heterocycles. The SMILES string of the molecule is COc1cccc(Cn2nc(C)c(/C=N\Nc3ccc(C(=O)O)cc3)c2Cl)c1. The fraction of sp³-hybridized carbons (Fsp3) is 0.150. The summed E-state index contributed by atoms with van der Waals surface area (Å²) in [6.45, 7) is 2.37. The zero-order chi connectivity index (χ0) is 20.1. The summed E-state index contributed by atoms with van der Waals surface area (Å²) in [5, 5.41) is 18.0. The number of carboxylic acid groups (broad SMARTS) is 1. The number of hydrogen-bond donors (Lipinski definition) is 2. The molecule has 144 valence electrons. The van der Waals surface area contributed by atoms with E-state index in [-0.39, 0.29) is 5.56 Å². The number of methoxy groups -OCH3 is 1. The summed E-state index contributed by atoms with van der Waals surface area (Å²) in [5.74, 6) is -0.196. The Morgan fingerprint density at radius 2 is 2.07 bits per heavy atom. The van der Waals surface area contributed by atoms with E-state index in [1.807, 2.05) is 31.2 Å². The van der Waals surface area contributed by atoms with Crippen LogP contribution in [-0.2, 0) is 6.54 Å². The van der Waals surface area contributed by atoms with Crippen molar-refractivity contribution in [3.63, 3.8) is 0 Å². The average molecular weight is 399 g/mol. The van der Waals surface area contributed by atoms with Gasteiger partial charge in [-0.05, 0) is 48.9 Å². The number of halogens is 1. The largest absolute Gasteiger partial charge is 0.497 e. The van der Waals surface area contributed by atoms with Crippen molar-refractivity contribution in [3.8, 4) is 5.75 Å². The number of carboxylic acids is 1.